The number of hydrogen-bond donors (Lipinski definition) is 2. The lowest BCUT2D eigenvalue weighted by molar-refractivity contribution is 0.605. The number of nitrogens with one attached hydrogen (secondary N) is 1. The minimum atomic E-state index is -0.415. The number of halogens is 1. The molecule has 0 aliphatic rings. The topological polar surface area (TPSA) is 53.1 Å². The molecule has 0 heterocycles. The summed E-state index contributed by atoms with van der Waals surface area (Å²) in [5.74, 6) is -0.662. The molecule has 0 aliphatic carbocycles. The zero-order valence-corrected chi connectivity index (χ0v) is 12.6. The molecule has 3 N–H and O–H groups in total. The van der Waals surface area contributed by atoms with Crippen molar-refractivity contribution in [2.24, 2.45) is 5.73 Å². The lowest BCUT2D eigenvalue weighted by atomic mass is 10.1. The monoisotopic (exact) mass is 285 g/mol. The van der Waals surface area contributed by atoms with Gasteiger partial charge in [-0.25, -0.2) is 4.39 Å². The Balaban J connectivity index is 2.29. The van der Waals surface area contributed by atoms with Gasteiger partial charge in [0.1, 0.15) is 11.7 Å². The highest BCUT2D eigenvalue weighted by molar-refractivity contribution is 5.95. The molecule has 0 amide bonds. The number of nitrogen functional groups attached to an aromatic ring is 1. The van der Waals surface area contributed by atoms with Crippen LogP contribution >= 0.6 is 0 Å². The van der Waals surface area contributed by atoms with E-state index >= 15 is 0 Å². The predicted octanol–water partition coefficient (Wildman–Crippen LogP) is 3.36. The van der Waals surface area contributed by atoms with Crippen molar-refractivity contribution in [1.82, 2.24) is 0 Å². The largest absolute Gasteiger partial charge is 0.384 e. The standard InChI is InChI=1S/C17H20FN3/c1-11-7-8-15(12(2)9-11)21(3)10-13-5-4-6-14(16(13)18)17(19)20/h4-9H,10H2,1-3H3,(H3,19,20). The van der Waals surface area contributed by atoms with Crippen LogP contribution in [-0.4, -0.2) is 12.9 Å². The molecule has 3 nitrogen and oxygen atoms in total. The van der Waals surface area contributed by atoms with E-state index in [2.05, 4.69) is 6.07 Å². The molecule has 0 fully saturated rings. The fourth-order valence-electron chi connectivity index (χ4n) is 2.48. The summed E-state index contributed by atoms with van der Waals surface area (Å²) in [6.07, 6.45) is 0. The summed E-state index contributed by atoms with van der Waals surface area (Å²) in [5, 5.41) is 7.40. The van der Waals surface area contributed by atoms with Gasteiger partial charge in [0.15, 0.2) is 0 Å². The number of nitrogens with two attached hydrogens (primary N) is 1. The van der Waals surface area contributed by atoms with Gasteiger partial charge in [-0.1, -0.05) is 29.8 Å². The highest BCUT2D eigenvalue weighted by Crippen LogP contribution is 2.23. The molecule has 0 atom stereocenters. The molecule has 21 heavy (non-hydrogen) atoms. The summed E-state index contributed by atoms with van der Waals surface area (Å²) in [6.45, 7) is 4.52. The number of aryl methyl sites for hydroxylation is 2. The Hall–Kier alpha value is -2.36. The van der Waals surface area contributed by atoms with E-state index in [-0.39, 0.29) is 11.4 Å². The molecule has 0 saturated carbocycles. The lowest BCUT2D eigenvalue weighted by Crippen LogP contribution is -2.20. The number of benzene rings is 2. The van der Waals surface area contributed by atoms with E-state index < -0.39 is 5.82 Å². The van der Waals surface area contributed by atoms with E-state index in [1.54, 1.807) is 12.1 Å². The van der Waals surface area contributed by atoms with Gasteiger partial charge in [-0.05, 0) is 31.5 Å². The second-order valence-electron chi connectivity index (χ2n) is 5.34. The summed E-state index contributed by atoms with van der Waals surface area (Å²) < 4.78 is 14.3. The summed E-state index contributed by atoms with van der Waals surface area (Å²) in [5.41, 5.74) is 9.50. The van der Waals surface area contributed by atoms with Gasteiger partial charge in [0.05, 0.1) is 5.56 Å². The highest BCUT2D eigenvalue weighted by Gasteiger charge is 2.13. The van der Waals surface area contributed by atoms with Crippen molar-refractivity contribution >= 4 is 11.5 Å². The van der Waals surface area contributed by atoms with E-state index in [1.807, 2.05) is 37.9 Å². The Bertz CT molecular complexity index is 680. The summed E-state index contributed by atoms with van der Waals surface area (Å²) in [6, 6.07) is 11.2. The Morgan fingerprint density at radius 1 is 1.24 bits per heavy atom. The van der Waals surface area contributed by atoms with Crippen molar-refractivity contribution in [2.45, 2.75) is 20.4 Å². The Morgan fingerprint density at radius 2 is 1.95 bits per heavy atom. The smallest absolute Gasteiger partial charge is 0.139 e. The number of amidine groups is 1. The molecule has 0 aliphatic heterocycles. The zero-order chi connectivity index (χ0) is 15.6. The summed E-state index contributed by atoms with van der Waals surface area (Å²) in [7, 11) is 1.93. The molecule has 2 aromatic rings. The van der Waals surface area contributed by atoms with E-state index in [1.165, 1.54) is 11.6 Å². The van der Waals surface area contributed by atoms with Gasteiger partial charge in [0, 0.05) is 24.8 Å². The van der Waals surface area contributed by atoms with Crippen molar-refractivity contribution < 1.29 is 4.39 Å². The average Bonchev–Trinajstić information content (AvgIpc) is 2.40. The molecule has 0 radical (unpaired) electrons. The Morgan fingerprint density at radius 3 is 2.57 bits per heavy atom. The normalized spacial score (nSPS) is 10.5. The predicted molar refractivity (Wildman–Crippen MR) is 85.4 cm³/mol. The minimum Gasteiger partial charge on any atom is -0.384 e. The number of nitrogens with zero attached hydrogens (tertiary/aromatic N) is 1. The first-order valence-corrected chi connectivity index (χ1v) is 6.80. The third-order valence-electron chi connectivity index (χ3n) is 3.54. The molecule has 2 rings (SSSR count). The molecular formula is C17H20FN3. The van der Waals surface area contributed by atoms with Crippen LogP contribution in [0.2, 0.25) is 0 Å². The molecule has 110 valence electrons. The van der Waals surface area contributed by atoms with Gasteiger partial charge in [-0.2, -0.15) is 0 Å². The van der Waals surface area contributed by atoms with Gasteiger partial charge in [0.25, 0.3) is 0 Å². The second kappa shape index (κ2) is 5.95. The summed E-state index contributed by atoms with van der Waals surface area (Å²) in [4.78, 5) is 2.00. The molecule has 2 aromatic carbocycles. The number of hydrogen-bond acceptors (Lipinski definition) is 2. The van der Waals surface area contributed by atoms with Crippen molar-refractivity contribution in [3.63, 3.8) is 0 Å². The van der Waals surface area contributed by atoms with E-state index in [4.69, 9.17) is 11.1 Å². The van der Waals surface area contributed by atoms with Gasteiger partial charge in [-0.3, -0.25) is 5.41 Å². The van der Waals surface area contributed by atoms with Crippen LogP contribution in [0.15, 0.2) is 36.4 Å². The molecular weight excluding hydrogens is 265 g/mol. The van der Waals surface area contributed by atoms with Crippen molar-refractivity contribution in [3.05, 3.63) is 64.5 Å². The van der Waals surface area contributed by atoms with Gasteiger partial charge >= 0.3 is 0 Å². The minimum absolute atomic E-state index is 0.154. The molecule has 0 unspecified atom stereocenters. The molecule has 0 aromatic heterocycles. The van der Waals surface area contributed by atoms with Crippen LogP contribution in [0.1, 0.15) is 22.3 Å². The van der Waals surface area contributed by atoms with Crippen molar-refractivity contribution in [1.29, 1.82) is 5.41 Å². The zero-order valence-electron chi connectivity index (χ0n) is 12.6. The lowest BCUT2D eigenvalue weighted by Gasteiger charge is -2.22. The third-order valence-corrected chi connectivity index (χ3v) is 3.54. The van der Waals surface area contributed by atoms with Crippen LogP contribution in [-0.2, 0) is 6.54 Å². The van der Waals surface area contributed by atoms with Crippen LogP contribution in [0.5, 0.6) is 0 Å². The van der Waals surface area contributed by atoms with Crippen LogP contribution in [0.3, 0.4) is 0 Å². The van der Waals surface area contributed by atoms with Gasteiger partial charge in [-0.15, -0.1) is 0 Å². The van der Waals surface area contributed by atoms with Crippen LogP contribution in [0.25, 0.3) is 0 Å². The third kappa shape index (κ3) is 3.21. The van der Waals surface area contributed by atoms with E-state index in [0.29, 0.717) is 12.1 Å². The SMILES string of the molecule is Cc1ccc(N(C)Cc2cccc(C(=N)N)c2F)c(C)c1. The Labute approximate surface area is 124 Å². The first kappa shape index (κ1) is 15.0. The maximum absolute atomic E-state index is 14.3. The maximum atomic E-state index is 14.3. The first-order chi connectivity index (χ1) is 9.90. The molecule has 4 heteroatoms. The van der Waals surface area contributed by atoms with Crippen molar-refractivity contribution in [3.8, 4) is 0 Å². The van der Waals surface area contributed by atoms with Gasteiger partial charge in [0.2, 0.25) is 0 Å². The molecule has 0 bridgehead atoms. The summed E-state index contributed by atoms with van der Waals surface area (Å²) >= 11 is 0. The van der Waals surface area contributed by atoms with E-state index in [9.17, 15) is 4.39 Å². The van der Waals surface area contributed by atoms with Crippen molar-refractivity contribution in [2.75, 3.05) is 11.9 Å². The van der Waals surface area contributed by atoms with Crippen LogP contribution in [0, 0.1) is 25.1 Å². The quantitative estimate of drug-likeness (QED) is 0.668. The number of rotatable bonds is 4. The van der Waals surface area contributed by atoms with E-state index in [0.717, 1.165) is 11.3 Å². The average molecular weight is 285 g/mol. The number of anilines is 1. The highest BCUT2D eigenvalue weighted by atomic mass is 19.1. The van der Waals surface area contributed by atoms with Crippen LogP contribution in [0.4, 0.5) is 10.1 Å². The molecule has 0 saturated heterocycles. The fourth-order valence-corrected chi connectivity index (χ4v) is 2.48. The first-order valence-electron chi connectivity index (χ1n) is 6.80. The maximum Gasteiger partial charge on any atom is 0.139 e. The van der Waals surface area contributed by atoms with Gasteiger partial charge < -0.3 is 10.6 Å². The van der Waals surface area contributed by atoms with Crippen LogP contribution < -0.4 is 10.6 Å². The fraction of sp³-hybridized carbons (Fsp3) is 0.235. The Kier molecular flexibility index (Phi) is 4.26. The second-order valence-corrected chi connectivity index (χ2v) is 5.34. The molecule has 0 spiro atoms.